The van der Waals surface area contributed by atoms with Gasteiger partial charge in [-0.2, -0.15) is 5.10 Å². The van der Waals surface area contributed by atoms with Gasteiger partial charge in [-0.3, -0.25) is 9.78 Å². The Morgan fingerprint density at radius 3 is 3.05 bits per heavy atom. The van der Waals surface area contributed by atoms with Gasteiger partial charge in [-0.1, -0.05) is 12.1 Å². The Balaban J connectivity index is 1.78. The van der Waals surface area contributed by atoms with Crippen molar-refractivity contribution in [2.24, 2.45) is 5.10 Å². The third kappa shape index (κ3) is 2.98. The predicted octanol–water partition coefficient (Wildman–Crippen LogP) is 2.56. The van der Waals surface area contributed by atoms with E-state index in [1.54, 1.807) is 37.6 Å². The monoisotopic (exact) mass is 295 g/mol. The third-order valence-corrected chi connectivity index (χ3v) is 3.65. The number of pyridine rings is 1. The summed E-state index contributed by atoms with van der Waals surface area (Å²) in [6, 6.07) is 11.0. The summed E-state index contributed by atoms with van der Waals surface area (Å²) < 4.78 is 5.12. The molecule has 0 fully saturated rings. The third-order valence-electron chi connectivity index (χ3n) is 3.65. The van der Waals surface area contributed by atoms with Crippen LogP contribution in [0.4, 0.5) is 0 Å². The summed E-state index contributed by atoms with van der Waals surface area (Å²) in [6.07, 6.45) is 4.60. The topological polar surface area (TPSA) is 63.6 Å². The lowest BCUT2D eigenvalue weighted by atomic mass is 9.95. The number of aromatic nitrogens is 1. The minimum atomic E-state index is -0.255. The van der Waals surface area contributed by atoms with E-state index in [9.17, 15) is 4.79 Å². The molecule has 1 N–H and O–H groups in total. The maximum atomic E-state index is 12.2. The first-order valence-electron chi connectivity index (χ1n) is 7.23. The van der Waals surface area contributed by atoms with Gasteiger partial charge in [0.25, 0.3) is 5.91 Å². The number of hydrazone groups is 1. The molecule has 2 aromatic rings. The van der Waals surface area contributed by atoms with Crippen molar-refractivity contribution in [3.63, 3.8) is 0 Å². The van der Waals surface area contributed by atoms with Gasteiger partial charge in [0.15, 0.2) is 0 Å². The van der Waals surface area contributed by atoms with Crippen LogP contribution in [0.5, 0.6) is 5.75 Å². The highest BCUT2D eigenvalue weighted by molar-refractivity contribution is 6.02. The fourth-order valence-electron chi connectivity index (χ4n) is 2.52. The SMILES string of the molecule is COc1cccc(C(=O)N/N=C2\CCCc3cccnc32)c1. The second-order valence-corrected chi connectivity index (χ2v) is 5.10. The van der Waals surface area contributed by atoms with E-state index in [1.165, 1.54) is 5.56 Å². The van der Waals surface area contributed by atoms with Gasteiger partial charge in [0.05, 0.1) is 18.5 Å². The van der Waals surface area contributed by atoms with E-state index in [0.29, 0.717) is 11.3 Å². The van der Waals surface area contributed by atoms with Crippen LogP contribution in [0.2, 0.25) is 0 Å². The number of aryl methyl sites for hydroxylation is 1. The predicted molar refractivity (Wildman–Crippen MR) is 84.2 cm³/mol. The summed E-state index contributed by atoms with van der Waals surface area (Å²) in [7, 11) is 1.57. The first-order chi connectivity index (χ1) is 10.8. The molecule has 1 aromatic carbocycles. The van der Waals surface area contributed by atoms with Crippen LogP contribution in [-0.2, 0) is 6.42 Å². The van der Waals surface area contributed by atoms with E-state index < -0.39 is 0 Å². The Morgan fingerprint density at radius 1 is 1.27 bits per heavy atom. The van der Waals surface area contributed by atoms with E-state index in [4.69, 9.17) is 4.74 Å². The Labute approximate surface area is 129 Å². The van der Waals surface area contributed by atoms with E-state index in [0.717, 1.165) is 30.7 Å². The number of hydrogen-bond donors (Lipinski definition) is 1. The molecule has 0 spiro atoms. The number of methoxy groups -OCH3 is 1. The van der Waals surface area contributed by atoms with Crippen LogP contribution in [0.1, 0.15) is 34.5 Å². The molecule has 5 heteroatoms. The van der Waals surface area contributed by atoms with Crippen molar-refractivity contribution in [2.75, 3.05) is 7.11 Å². The second-order valence-electron chi connectivity index (χ2n) is 5.10. The number of hydrogen-bond acceptors (Lipinski definition) is 4. The maximum Gasteiger partial charge on any atom is 0.271 e. The average Bonchev–Trinajstić information content (AvgIpc) is 2.59. The Hall–Kier alpha value is -2.69. The summed E-state index contributed by atoms with van der Waals surface area (Å²) in [4.78, 5) is 16.5. The molecule has 0 aliphatic heterocycles. The zero-order valence-corrected chi connectivity index (χ0v) is 12.4. The van der Waals surface area contributed by atoms with Crippen LogP contribution in [0, 0.1) is 0 Å². The van der Waals surface area contributed by atoms with Crippen molar-refractivity contribution in [2.45, 2.75) is 19.3 Å². The normalized spacial score (nSPS) is 15.2. The lowest BCUT2D eigenvalue weighted by Crippen LogP contribution is -2.22. The Bertz CT molecular complexity index is 725. The number of rotatable bonds is 3. The molecule has 0 unspecified atom stereocenters. The standard InChI is InChI=1S/C17H17N3O2/c1-22-14-8-2-6-13(11-14)17(21)20-19-15-9-3-5-12-7-4-10-18-16(12)15/h2,4,6-8,10-11H,3,5,9H2,1H3,(H,20,21)/b19-15+. The highest BCUT2D eigenvalue weighted by atomic mass is 16.5. The molecular formula is C17H17N3O2. The molecule has 22 heavy (non-hydrogen) atoms. The zero-order valence-electron chi connectivity index (χ0n) is 12.4. The molecule has 5 nitrogen and oxygen atoms in total. The quantitative estimate of drug-likeness (QED) is 0.885. The minimum absolute atomic E-state index is 0.255. The van der Waals surface area contributed by atoms with Crippen LogP contribution < -0.4 is 10.2 Å². The molecule has 0 atom stereocenters. The second kappa shape index (κ2) is 6.39. The molecule has 0 saturated carbocycles. The average molecular weight is 295 g/mol. The van der Waals surface area contributed by atoms with Gasteiger partial charge < -0.3 is 4.74 Å². The summed E-state index contributed by atoms with van der Waals surface area (Å²) in [5.74, 6) is 0.388. The van der Waals surface area contributed by atoms with Gasteiger partial charge in [-0.25, -0.2) is 5.43 Å². The summed E-state index contributed by atoms with van der Waals surface area (Å²) in [6.45, 7) is 0. The van der Waals surface area contributed by atoms with Gasteiger partial charge >= 0.3 is 0 Å². The van der Waals surface area contributed by atoms with E-state index >= 15 is 0 Å². The highest BCUT2D eigenvalue weighted by Gasteiger charge is 2.17. The molecule has 1 aliphatic carbocycles. The van der Waals surface area contributed by atoms with Crippen molar-refractivity contribution >= 4 is 11.6 Å². The Morgan fingerprint density at radius 2 is 2.18 bits per heavy atom. The van der Waals surface area contributed by atoms with Crippen molar-refractivity contribution in [1.29, 1.82) is 0 Å². The van der Waals surface area contributed by atoms with Crippen LogP contribution in [0.25, 0.3) is 0 Å². The number of nitrogens with one attached hydrogen (secondary N) is 1. The van der Waals surface area contributed by atoms with Gasteiger partial charge in [-0.05, 0) is 49.1 Å². The number of nitrogens with zero attached hydrogens (tertiary/aromatic N) is 2. The van der Waals surface area contributed by atoms with Crippen LogP contribution in [-0.4, -0.2) is 23.7 Å². The first kappa shape index (κ1) is 14.3. The summed E-state index contributed by atoms with van der Waals surface area (Å²) in [5.41, 5.74) is 6.03. The fourth-order valence-corrected chi connectivity index (χ4v) is 2.52. The number of carbonyl (C=O) groups is 1. The number of carbonyl (C=O) groups excluding carboxylic acids is 1. The van der Waals surface area contributed by atoms with Gasteiger partial charge in [0.2, 0.25) is 0 Å². The molecule has 1 aliphatic rings. The largest absolute Gasteiger partial charge is 0.497 e. The number of benzene rings is 1. The molecular weight excluding hydrogens is 278 g/mol. The highest BCUT2D eigenvalue weighted by Crippen LogP contribution is 2.19. The van der Waals surface area contributed by atoms with Crippen molar-refractivity contribution in [3.8, 4) is 5.75 Å². The molecule has 1 heterocycles. The molecule has 112 valence electrons. The number of ether oxygens (including phenoxy) is 1. The lowest BCUT2D eigenvalue weighted by Gasteiger charge is -2.16. The number of fused-ring (bicyclic) bond motifs is 1. The van der Waals surface area contributed by atoms with E-state index in [1.807, 2.05) is 6.07 Å². The van der Waals surface area contributed by atoms with Gasteiger partial charge in [0, 0.05) is 11.8 Å². The van der Waals surface area contributed by atoms with Crippen LogP contribution in [0.15, 0.2) is 47.7 Å². The Kier molecular flexibility index (Phi) is 4.14. The molecule has 0 saturated heterocycles. The van der Waals surface area contributed by atoms with Crippen LogP contribution in [0.3, 0.4) is 0 Å². The van der Waals surface area contributed by atoms with Crippen molar-refractivity contribution < 1.29 is 9.53 Å². The zero-order chi connectivity index (χ0) is 15.4. The van der Waals surface area contributed by atoms with Gasteiger partial charge in [-0.15, -0.1) is 0 Å². The smallest absolute Gasteiger partial charge is 0.271 e. The maximum absolute atomic E-state index is 12.2. The molecule has 0 radical (unpaired) electrons. The van der Waals surface area contributed by atoms with Crippen molar-refractivity contribution in [3.05, 3.63) is 59.4 Å². The van der Waals surface area contributed by atoms with E-state index in [-0.39, 0.29) is 5.91 Å². The van der Waals surface area contributed by atoms with Crippen molar-refractivity contribution in [1.82, 2.24) is 10.4 Å². The first-order valence-corrected chi connectivity index (χ1v) is 7.23. The molecule has 0 bridgehead atoms. The van der Waals surface area contributed by atoms with E-state index in [2.05, 4.69) is 21.6 Å². The fraction of sp³-hybridized carbons (Fsp3) is 0.235. The molecule has 3 rings (SSSR count). The lowest BCUT2D eigenvalue weighted by molar-refractivity contribution is 0.0954. The minimum Gasteiger partial charge on any atom is -0.497 e. The summed E-state index contributed by atoms with van der Waals surface area (Å²) >= 11 is 0. The molecule has 1 amide bonds. The number of amides is 1. The molecule has 1 aromatic heterocycles. The van der Waals surface area contributed by atoms with Gasteiger partial charge in [0.1, 0.15) is 5.75 Å². The van der Waals surface area contributed by atoms with Crippen LogP contribution >= 0.6 is 0 Å². The summed E-state index contributed by atoms with van der Waals surface area (Å²) in [5, 5.41) is 4.27.